The van der Waals surface area contributed by atoms with Crippen molar-refractivity contribution in [3.8, 4) is 5.75 Å². The minimum Gasteiger partial charge on any atom is -0.503 e. The predicted octanol–water partition coefficient (Wildman–Crippen LogP) is 4.06. The van der Waals surface area contributed by atoms with Crippen LogP contribution in [0.4, 0.5) is 0 Å². The molecule has 3 rings (SSSR count). The number of hydrogen-bond donors (Lipinski definition) is 1. The number of aliphatic hydroxyl groups is 1. The van der Waals surface area contributed by atoms with Crippen LogP contribution in [0.1, 0.15) is 43.5 Å². The summed E-state index contributed by atoms with van der Waals surface area (Å²) in [6.07, 6.45) is 0.916. The Morgan fingerprint density at radius 1 is 1.13 bits per heavy atom. The summed E-state index contributed by atoms with van der Waals surface area (Å²) in [5.41, 5.74) is 1.82. The molecular formula is C25H30N2O4. The number of nitrogens with zero attached hydrogens (tertiary/aromatic N) is 2. The molecule has 2 atom stereocenters. The molecule has 1 amide bonds. The number of aliphatic hydroxyl groups excluding tert-OH is 1. The summed E-state index contributed by atoms with van der Waals surface area (Å²) < 4.78 is 5.80. The number of amides is 1. The zero-order valence-electron chi connectivity index (χ0n) is 18.5. The van der Waals surface area contributed by atoms with Crippen molar-refractivity contribution in [2.75, 3.05) is 27.2 Å². The van der Waals surface area contributed by atoms with Crippen molar-refractivity contribution < 1.29 is 19.4 Å². The number of carbonyl (C=O) groups excluding carboxylic acids is 2. The summed E-state index contributed by atoms with van der Waals surface area (Å²) in [5.74, 6) is -0.588. The van der Waals surface area contributed by atoms with Gasteiger partial charge in [-0.3, -0.25) is 9.59 Å². The Balaban J connectivity index is 1.87. The van der Waals surface area contributed by atoms with Gasteiger partial charge in [0, 0.05) is 6.54 Å². The molecule has 2 unspecified atom stereocenters. The summed E-state index contributed by atoms with van der Waals surface area (Å²) in [7, 11) is 4.05. The third kappa shape index (κ3) is 4.97. The summed E-state index contributed by atoms with van der Waals surface area (Å²) in [6.45, 7) is 4.83. The van der Waals surface area contributed by atoms with E-state index in [1.807, 2.05) is 75.6 Å². The molecule has 2 aromatic rings. The third-order valence-electron chi connectivity index (χ3n) is 5.54. The van der Waals surface area contributed by atoms with Gasteiger partial charge in [-0.25, -0.2) is 0 Å². The maximum absolute atomic E-state index is 13.0. The molecular weight excluding hydrogens is 392 g/mol. The van der Waals surface area contributed by atoms with Gasteiger partial charge in [0.15, 0.2) is 11.5 Å². The van der Waals surface area contributed by atoms with Gasteiger partial charge in [0.2, 0.25) is 0 Å². The quantitative estimate of drug-likeness (QED) is 0.617. The van der Waals surface area contributed by atoms with Crippen LogP contribution in [0.3, 0.4) is 0 Å². The second kappa shape index (κ2) is 9.79. The smallest absolute Gasteiger partial charge is 0.290 e. The molecule has 0 aliphatic carbocycles. The van der Waals surface area contributed by atoms with Crippen LogP contribution in [0.25, 0.3) is 0 Å². The molecule has 6 nitrogen and oxygen atoms in total. The Morgan fingerprint density at radius 2 is 1.77 bits per heavy atom. The van der Waals surface area contributed by atoms with Gasteiger partial charge in [-0.15, -0.1) is 0 Å². The molecule has 0 bridgehead atoms. The average Bonchev–Trinajstić information content (AvgIpc) is 3.02. The number of hydrogen-bond acceptors (Lipinski definition) is 5. The number of ketones is 1. The number of carbonyl (C=O) groups is 2. The van der Waals surface area contributed by atoms with E-state index >= 15 is 0 Å². The largest absolute Gasteiger partial charge is 0.503 e. The maximum Gasteiger partial charge on any atom is 0.290 e. The summed E-state index contributed by atoms with van der Waals surface area (Å²) >= 11 is 0. The van der Waals surface area contributed by atoms with Gasteiger partial charge in [0.1, 0.15) is 5.75 Å². The van der Waals surface area contributed by atoms with Crippen LogP contribution in [0, 0.1) is 0 Å². The molecule has 0 aromatic heterocycles. The molecule has 2 aromatic carbocycles. The van der Waals surface area contributed by atoms with E-state index in [1.165, 1.54) is 6.92 Å². The number of benzene rings is 2. The van der Waals surface area contributed by atoms with Gasteiger partial charge < -0.3 is 19.6 Å². The number of Topliss-reactive ketones (excluding diaryl/α,β-unsaturated/α-hetero) is 1. The molecule has 164 valence electrons. The van der Waals surface area contributed by atoms with Crippen molar-refractivity contribution in [2.45, 2.75) is 32.4 Å². The van der Waals surface area contributed by atoms with Crippen LogP contribution >= 0.6 is 0 Å². The molecule has 0 fully saturated rings. The number of ether oxygens (including phenoxy) is 1. The third-order valence-corrected chi connectivity index (χ3v) is 5.54. The van der Waals surface area contributed by atoms with Crippen LogP contribution < -0.4 is 4.74 Å². The van der Waals surface area contributed by atoms with Crippen LogP contribution in [-0.2, 0) is 9.59 Å². The first kappa shape index (κ1) is 22.6. The molecule has 31 heavy (non-hydrogen) atoms. The van der Waals surface area contributed by atoms with Gasteiger partial charge in [-0.05, 0) is 57.6 Å². The monoisotopic (exact) mass is 422 g/mol. The summed E-state index contributed by atoms with van der Waals surface area (Å²) in [6, 6.07) is 16.0. The molecule has 0 saturated heterocycles. The highest BCUT2D eigenvalue weighted by Crippen LogP contribution is 2.43. The Kier molecular flexibility index (Phi) is 7.13. The summed E-state index contributed by atoms with van der Waals surface area (Å²) in [5, 5.41) is 10.5. The Morgan fingerprint density at radius 3 is 2.35 bits per heavy atom. The van der Waals surface area contributed by atoms with E-state index in [2.05, 4.69) is 4.90 Å². The van der Waals surface area contributed by atoms with Gasteiger partial charge in [-0.1, -0.05) is 42.5 Å². The first-order valence-corrected chi connectivity index (χ1v) is 10.5. The normalized spacial score (nSPS) is 17.4. The standard InChI is InChI=1S/C25H30N2O4/c1-17(19-9-6-5-7-10-19)27-23(22(18(2)28)24(29)25(27)30)20-11-13-21(14-12-20)31-16-8-15-26(3)4/h5-7,9-14,17,23,29H,8,15-16H2,1-4H3. The highest BCUT2D eigenvalue weighted by Gasteiger charge is 2.44. The molecule has 1 aliphatic rings. The zero-order chi connectivity index (χ0) is 22.5. The lowest BCUT2D eigenvalue weighted by Crippen LogP contribution is -2.33. The van der Waals surface area contributed by atoms with Crippen molar-refractivity contribution in [2.24, 2.45) is 0 Å². The van der Waals surface area contributed by atoms with E-state index in [4.69, 9.17) is 4.74 Å². The van der Waals surface area contributed by atoms with Crippen LogP contribution in [0.5, 0.6) is 5.75 Å². The fraction of sp³-hybridized carbons (Fsp3) is 0.360. The van der Waals surface area contributed by atoms with Gasteiger partial charge in [0.25, 0.3) is 5.91 Å². The van der Waals surface area contributed by atoms with E-state index in [0.717, 1.165) is 29.8 Å². The molecule has 6 heteroatoms. The molecule has 0 saturated carbocycles. The Labute approximate surface area is 183 Å². The lowest BCUT2D eigenvalue weighted by molar-refractivity contribution is -0.131. The van der Waals surface area contributed by atoms with E-state index in [1.54, 1.807) is 4.90 Å². The van der Waals surface area contributed by atoms with E-state index in [0.29, 0.717) is 6.61 Å². The van der Waals surface area contributed by atoms with Gasteiger partial charge in [0.05, 0.1) is 24.3 Å². The minimum atomic E-state index is -0.650. The zero-order valence-corrected chi connectivity index (χ0v) is 18.5. The van der Waals surface area contributed by atoms with Crippen molar-refractivity contribution in [1.29, 1.82) is 0 Å². The van der Waals surface area contributed by atoms with Crippen molar-refractivity contribution in [3.05, 3.63) is 77.1 Å². The Bertz CT molecular complexity index is 951. The van der Waals surface area contributed by atoms with Crippen molar-refractivity contribution in [3.63, 3.8) is 0 Å². The minimum absolute atomic E-state index is 0.132. The lowest BCUT2D eigenvalue weighted by Gasteiger charge is -2.32. The summed E-state index contributed by atoms with van der Waals surface area (Å²) in [4.78, 5) is 29.0. The topological polar surface area (TPSA) is 70.1 Å². The lowest BCUT2D eigenvalue weighted by atomic mass is 9.95. The molecule has 1 heterocycles. The van der Waals surface area contributed by atoms with E-state index in [-0.39, 0.29) is 17.4 Å². The highest BCUT2D eigenvalue weighted by molar-refractivity contribution is 6.08. The number of rotatable bonds is 9. The Hall–Kier alpha value is -3.12. The molecule has 0 radical (unpaired) electrons. The molecule has 1 N–H and O–H groups in total. The first-order chi connectivity index (χ1) is 14.8. The first-order valence-electron chi connectivity index (χ1n) is 10.5. The van der Waals surface area contributed by atoms with Gasteiger partial charge in [-0.2, -0.15) is 0 Å². The molecule has 0 spiro atoms. The van der Waals surface area contributed by atoms with Crippen LogP contribution in [-0.4, -0.2) is 53.8 Å². The van der Waals surface area contributed by atoms with Crippen LogP contribution in [0.2, 0.25) is 0 Å². The second-order valence-corrected chi connectivity index (χ2v) is 8.09. The second-order valence-electron chi connectivity index (χ2n) is 8.09. The van der Waals surface area contributed by atoms with Gasteiger partial charge >= 0.3 is 0 Å². The molecule has 1 aliphatic heterocycles. The fourth-order valence-corrected chi connectivity index (χ4v) is 3.92. The average molecular weight is 423 g/mol. The maximum atomic E-state index is 13.0. The highest BCUT2D eigenvalue weighted by atomic mass is 16.5. The fourth-order valence-electron chi connectivity index (χ4n) is 3.92. The van der Waals surface area contributed by atoms with Crippen LogP contribution in [0.15, 0.2) is 65.9 Å². The van der Waals surface area contributed by atoms with E-state index in [9.17, 15) is 14.7 Å². The van der Waals surface area contributed by atoms with Crippen molar-refractivity contribution >= 4 is 11.7 Å². The SMILES string of the molecule is CC(=O)C1=C(O)C(=O)N(C(C)c2ccccc2)C1c1ccc(OCCCN(C)C)cc1. The van der Waals surface area contributed by atoms with Crippen molar-refractivity contribution in [1.82, 2.24) is 9.80 Å². The predicted molar refractivity (Wildman–Crippen MR) is 120 cm³/mol. The van der Waals surface area contributed by atoms with E-state index < -0.39 is 17.7 Å².